The van der Waals surface area contributed by atoms with E-state index in [0.29, 0.717) is 0 Å². The molecule has 1 saturated heterocycles. The van der Waals surface area contributed by atoms with Crippen LogP contribution in [0, 0.1) is 0 Å². The first-order chi connectivity index (χ1) is 7.25. The first kappa shape index (κ1) is 13.5. The van der Waals surface area contributed by atoms with Gasteiger partial charge in [0.25, 0.3) is 0 Å². The number of anilines is 1. The maximum atomic E-state index is 11.7. The lowest BCUT2D eigenvalue weighted by molar-refractivity contribution is -0.117. The van der Waals surface area contributed by atoms with Crippen LogP contribution in [0.25, 0.3) is 0 Å². The van der Waals surface area contributed by atoms with Crippen molar-refractivity contribution in [1.29, 1.82) is 0 Å². The summed E-state index contributed by atoms with van der Waals surface area (Å²) in [6.45, 7) is 0.941. The highest BCUT2D eigenvalue weighted by atomic mass is 79.9. The van der Waals surface area contributed by atoms with Gasteiger partial charge in [-0.25, -0.2) is 0 Å². The molecular weight excluding hydrogens is 291 g/mol. The quantitative estimate of drug-likeness (QED) is 0.882. The number of halogens is 2. The molecule has 1 unspecified atom stereocenters. The van der Waals surface area contributed by atoms with Crippen LogP contribution in [0.5, 0.6) is 0 Å². The topological polar surface area (TPSA) is 41.1 Å². The predicted octanol–water partition coefficient (Wildman–Crippen LogP) is 2.56. The summed E-state index contributed by atoms with van der Waals surface area (Å²) < 4.78 is 0.972. The molecule has 5 heteroatoms. The summed E-state index contributed by atoms with van der Waals surface area (Å²) in [6.07, 6.45) is 2.01. The summed E-state index contributed by atoms with van der Waals surface area (Å²) in [7, 11) is 0. The maximum absolute atomic E-state index is 11.7. The van der Waals surface area contributed by atoms with E-state index in [9.17, 15) is 4.79 Å². The van der Waals surface area contributed by atoms with Gasteiger partial charge in [0.05, 0.1) is 6.04 Å². The third-order valence-corrected chi connectivity index (χ3v) is 2.96. The number of hydrogen-bond donors (Lipinski definition) is 2. The minimum Gasteiger partial charge on any atom is -0.325 e. The van der Waals surface area contributed by atoms with Crippen LogP contribution in [0.15, 0.2) is 28.7 Å². The van der Waals surface area contributed by atoms with Gasteiger partial charge in [0.1, 0.15) is 0 Å². The average Bonchev–Trinajstić information content (AvgIpc) is 2.70. The molecule has 1 aromatic carbocycles. The van der Waals surface area contributed by atoms with Crippen molar-refractivity contribution in [3.8, 4) is 0 Å². The Morgan fingerprint density at radius 2 is 2.31 bits per heavy atom. The standard InChI is InChI=1S/C11H13BrN2O.ClH/c12-8-3-1-4-9(7-8)14-11(15)10-5-2-6-13-10;/h1,3-4,7,10,13H,2,5-6H2,(H,14,15);1H. The first-order valence-electron chi connectivity index (χ1n) is 5.05. The van der Waals surface area contributed by atoms with Crippen molar-refractivity contribution >= 4 is 39.9 Å². The van der Waals surface area contributed by atoms with Crippen molar-refractivity contribution in [2.75, 3.05) is 11.9 Å². The largest absolute Gasteiger partial charge is 0.325 e. The minimum absolute atomic E-state index is 0. The molecule has 1 amide bonds. The Hall–Kier alpha value is -0.580. The van der Waals surface area contributed by atoms with E-state index in [1.165, 1.54) is 0 Å². The third kappa shape index (κ3) is 3.47. The lowest BCUT2D eigenvalue weighted by Crippen LogP contribution is -2.35. The Bertz CT molecular complexity index is 367. The summed E-state index contributed by atoms with van der Waals surface area (Å²) in [5.74, 6) is 0.0607. The molecule has 1 aromatic rings. The second kappa shape index (κ2) is 6.23. The second-order valence-corrected chi connectivity index (χ2v) is 4.56. The van der Waals surface area contributed by atoms with E-state index >= 15 is 0 Å². The van der Waals surface area contributed by atoms with E-state index in [1.54, 1.807) is 0 Å². The number of benzene rings is 1. The number of hydrogen-bond acceptors (Lipinski definition) is 2. The van der Waals surface area contributed by atoms with E-state index in [-0.39, 0.29) is 24.4 Å². The molecule has 1 aliphatic rings. The van der Waals surface area contributed by atoms with Crippen LogP contribution >= 0.6 is 28.3 Å². The first-order valence-corrected chi connectivity index (χ1v) is 5.85. The van der Waals surface area contributed by atoms with Crippen molar-refractivity contribution in [2.45, 2.75) is 18.9 Å². The number of rotatable bonds is 2. The zero-order valence-electron chi connectivity index (χ0n) is 8.70. The zero-order valence-corrected chi connectivity index (χ0v) is 11.1. The van der Waals surface area contributed by atoms with Gasteiger partial charge in [-0.05, 0) is 37.6 Å². The smallest absolute Gasteiger partial charge is 0.241 e. The molecule has 16 heavy (non-hydrogen) atoms. The Morgan fingerprint density at radius 3 is 2.94 bits per heavy atom. The monoisotopic (exact) mass is 304 g/mol. The summed E-state index contributed by atoms with van der Waals surface area (Å²) in [5, 5.41) is 6.06. The van der Waals surface area contributed by atoms with Crippen LogP contribution < -0.4 is 10.6 Å². The Balaban J connectivity index is 0.00000128. The van der Waals surface area contributed by atoms with Gasteiger partial charge < -0.3 is 10.6 Å². The Kier molecular flexibility index (Phi) is 5.25. The summed E-state index contributed by atoms with van der Waals surface area (Å²) in [6, 6.07) is 7.60. The molecular formula is C11H14BrClN2O. The van der Waals surface area contributed by atoms with Crippen LogP contribution in [0.4, 0.5) is 5.69 Å². The summed E-state index contributed by atoms with van der Waals surface area (Å²) >= 11 is 3.37. The second-order valence-electron chi connectivity index (χ2n) is 3.65. The number of amides is 1. The van der Waals surface area contributed by atoms with Crippen LogP contribution in [0.2, 0.25) is 0 Å². The molecule has 2 rings (SSSR count). The van der Waals surface area contributed by atoms with E-state index < -0.39 is 0 Å². The molecule has 2 N–H and O–H groups in total. The van der Waals surface area contributed by atoms with Crippen molar-refractivity contribution < 1.29 is 4.79 Å². The number of carbonyl (C=O) groups excluding carboxylic acids is 1. The normalized spacial score (nSPS) is 18.9. The molecule has 1 atom stereocenters. The molecule has 1 heterocycles. The lowest BCUT2D eigenvalue weighted by atomic mass is 10.2. The van der Waals surface area contributed by atoms with Gasteiger partial charge in [-0.15, -0.1) is 12.4 Å². The SMILES string of the molecule is Cl.O=C(Nc1cccc(Br)c1)C1CCCN1. The Labute approximate surface area is 110 Å². The molecule has 0 aliphatic carbocycles. The molecule has 0 saturated carbocycles. The molecule has 0 radical (unpaired) electrons. The number of nitrogens with one attached hydrogen (secondary N) is 2. The van der Waals surface area contributed by atoms with Crippen LogP contribution in [-0.2, 0) is 4.79 Å². The molecule has 0 bridgehead atoms. The van der Waals surface area contributed by atoms with Gasteiger partial charge in [0.2, 0.25) is 5.91 Å². The van der Waals surface area contributed by atoms with Gasteiger partial charge in [-0.1, -0.05) is 22.0 Å². The van der Waals surface area contributed by atoms with Crippen molar-refractivity contribution in [3.05, 3.63) is 28.7 Å². The molecule has 88 valence electrons. The van der Waals surface area contributed by atoms with Crippen LogP contribution in [0.1, 0.15) is 12.8 Å². The highest BCUT2D eigenvalue weighted by Gasteiger charge is 2.21. The summed E-state index contributed by atoms with van der Waals surface area (Å²) in [4.78, 5) is 11.7. The van der Waals surface area contributed by atoms with Gasteiger partial charge in [0, 0.05) is 10.2 Å². The van der Waals surface area contributed by atoms with E-state index in [2.05, 4.69) is 26.6 Å². The molecule has 1 aliphatic heterocycles. The van der Waals surface area contributed by atoms with Gasteiger partial charge in [0.15, 0.2) is 0 Å². The van der Waals surface area contributed by atoms with Crippen LogP contribution in [-0.4, -0.2) is 18.5 Å². The molecule has 1 fully saturated rings. The lowest BCUT2D eigenvalue weighted by Gasteiger charge is -2.10. The highest BCUT2D eigenvalue weighted by Crippen LogP contribution is 2.16. The van der Waals surface area contributed by atoms with E-state index in [4.69, 9.17) is 0 Å². The molecule has 0 aromatic heterocycles. The highest BCUT2D eigenvalue weighted by molar-refractivity contribution is 9.10. The molecule has 0 spiro atoms. The van der Waals surface area contributed by atoms with Crippen molar-refractivity contribution in [2.24, 2.45) is 0 Å². The van der Waals surface area contributed by atoms with Crippen molar-refractivity contribution in [3.63, 3.8) is 0 Å². The maximum Gasteiger partial charge on any atom is 0.241 e. The molecule has 3 nitrogen and oxygen atoms in total. The van der Waals surface area contributed by atoms with Gasteiger partial charge in [-0.2, -0.15) is 0 Å². The van der Waals surface area contributed by atoms with Crippen molar-refractivity contribution in [1.82, 2.24) is 5.32 Å². The fourth-order valence-corrected chi connectivity index (χ4v) is 2.10. The Morgan fingerprint density at radius 1 is 1.50 bits per heavy atom. The van der Waals surface area contributed by atoms with E-state index in [1.807, 2.05) is 24.3 Å². The summed E-state index contributed by atoms with van der Waals surface area (Å²) in [5.41, 5.74) is 0.836. The zero-order chi connectivity index (χ0) is 10.7. The number of carbonyl (C=O) groups is 1. The predicted molar refractivity (Wildman–Crippen MR) is 71.0 cm³/mol. The minimum atomic E-state index is -0.0241. The van der Waals surface area contributed by atoms with Gasteiger partial charge >= 0.3 is 0 Å². The van der Waals surface area contributed by atoms with Gasteiger partial charge in [-0.3, -0.25) is 4.79 Å². The van der Waals surface area contributed by atoms with E-state index in [0.717, 1.165) is 29.5 Å². The average molecular weight is 306 g/mol. The van der Waals surface area contributed by atoms with Crippen LogP contribution in [0.3, 0.4) is 0 Å². The third-order valence-electron chi connectivity index (χ3n) is 2.47. The fraction of sp³-hybridized carbons (Fsp3) is 0.364. The fourth-order valence-electron chi connectivity index (χ4n) is 1.70.